The van der Waals surface area contributed by atoms with Crippen molar-refractivity contribution in [3.8, 4) is 0 Å². The lowest BCUT2D eigenvalue weighted by atomic mass is 10.1. The van der Waals surface area contributed by atoms with Crippen LogP contribution in [0.15, 0.2) is 0 Å². The minimum absolute atomic E-state index is 0.0826. The van der Waals surface area contributed by atoms with E-state index in [0.717, 1.165) is 12.8 Å². The van der Waals surface area contributed by atoms with Crippen LogP contribution in [0.25, 0.3) is 0 Å². The molecule has 2 unspecified atom stereocenters. The summed E-state index contributed by atoms with van der Waals surface area (Å²) in [5.74, 6) is 0.287. The zero-order valence-corrected chi connectivity index (χ0v) is 13.0. The van der Waals surface area contributed by atoms with E-state index in [2.05, 4.69) is 10.2 Å². The summed E-state index contributed by atoms with van der Waals surface area (Å²) in [5.41, 5.74) is 0. The molecule has 2 aliphatic rings. The summed E-state index contributed by atoms with van der Waals surface area (Å²) >= 11 is 0. The minimum Gasteiger partial charge on any atom is -0.468 e. The summed E-state index contributed by atoms with van der Waals surface area (Å²) in [6, 6.07) is 0.239. The standard InChI is InChI=1S/C13H24N2O4S/c1-15(11-6-8-20(17,18)9-11)7-5-12(13(16)19-2)14-10-3-4-10/h10-12,14H,3-9H2,1-2H3. The van der Waals surface area contributed by atoms with Crippen LogP contribution >= 0.6 is 0 Å². The molecule has 0 aromatic rings. The third-order valence-corrected chi connectivity index (χ3v) is 5.85. The van der Waals surface area contributed by atoms with Gasteiger partial charge in [0.2, 0.25) is 0 Å². The predicted octanol–water partition coefficient (Wildman–Crippen LogP) is -0.211. The van der Waals surface area contributed by atoms with Crippen LogP contribution in [-0.2, 0) is 19.4 Å². The fourth-order valence-electron chi connectivity index (χ4n) is 2.58. The maximum absolute atomic E-state index is 11.7. The molecule has 2 fully saturated rings. The van der Waals surface area contributed by atoms with E-state index in [0.29, 0.717) is 25.4 Å². The van der Waals surface area contributed by atoms with Crippen molar-refractivity contribution < 1.29 is 17.9 Å². The van der Waals surface area contributed by atoms with Gasteiger partial charge in [0.1, 0.15) is 6.04 Å². The van der Waals surface area contributed by atoms with E-state index in [4.69, 9.17) is 4.74 Å². The largest absolute Gasteiger partial charge is 0.468 e. The van der Waals surface area contributed by atoms with E-state index in [-0.39, 0.29) is 29.6 Å². The first-order chi connectivity index (χ1) is 9.41. The Morgan fingerprint density at radius 3 is 2.60 bits per heavy atom. The van der Waals surface area contributed by atoms with Gasteiger partial charge >= 0.3 is 5.97 Å². The quantitative estimate of drug-likeness (QED) is 0.656. The number of nitrogens with zero attached hydrogens (tertiary/aromatic N) is 1. The molecule has 1 saturated heterocycles. The maximum atomic E-state index is 11.7. The Hall–Kier alpha value is -0.660. The first kappa shape index (κ1) is 15.7. The van der Waals surface area contributed by atoms with Crippen molar-refractivity contribution in [1.82, 2.24) is 10.2 Å². The van der Waals surface area contributed by atoms with Gasteiger partial charge in [-0.2, -0.15) is 0 Å². The van der Waals surface area contributed by atoms with Gasteiger partial charge in [-0.25, -0.2) is 8.42 Å². The number of carbonyl (C=O) groups is 1. The molecule has 20 heavy (non-hydrogen) atoms. The Labute approximate surface area is 120 Å². The van der Waals surface area contributed by atoms with E-state index in [9.17, 15) is 13.2 Å². The Bertz CT molecular complexity index is 447. The molecule has 0 amide bonds. The number of sulfone groups is 1. The van der Waals surface area contributed by atoms with E-state index in [1.54, 1.807) is 0 Å². The molecule has 0 aromatic carbocycles. The fraction of sp³-hybridized carbons (Fsp3) is 0.923. The second-order valence-corrected chi connectivity index (χ2v) is 8.07. The van der Waals surface area contributed by atoms with Crippen molar-refractivity contribution in [2.24, 2.45) is 0 Å². The molecule has 1 saturated carbocycles. The van der Waals surface area contributed by atoms with Crippen LogP contribution in [0.3, 0.4) is 0 Å². The average molecular weight is 304 g/mol. The molecular weight excluding hydrogens is 280 g/mol. The van der Waals surface area contributed by atoms with Gasteiger partial charge in [-0.1, -0.05) is 0 Å². The second-order valence-electron chi connectivity index (χ2n) is 5.84. The normalized spacial score (nSPS) is 26.6. The zero-order valence-electron chi connectivity index (χ0n) is 12.2. The van der Waals surface area contributed by atoms with Gasteiger partial charge < -0.3 is 15.0 Å². The van der Waals surface area contributed by atoms with Crippen molar-refractivity contribution in [2.75, 3.05) is 32.2 Å². The molecule has 0 aromatic heterocycles. The van der Waals surface area contributed by atoms with Crippen molar-refractivity contribution in [1.29, 1.82) is 0 Å². The molecule has 1 N–H and O–H groups in total. The third kappa shape index (κ3) is 4.43. The van der Waals surface area contributed by atoms with Crippen LogP contribution < -0.4 is 5.32 Å². The van der Waals surface area contributed by atoms with E-state index in [1.807, 2.05) is 7.05 Å². The number of hydrogen-bond donors (Lipinski definition) is 1. The zero-order chi connectivity index (χ0) is 14.8. The number of ether oxygens (including phenoxy) is 1. The molecule has 0 bridgehead atoms. The molecule has 0 radical (unpaired) electrons. The number of nitrogens with one attached hydrogen (secondary N) is 1. The van der Waals surface area contributed by atoms with Crippen molar-refractivity contribution in [3.63, 3.8) is 0 Å². The lowest BCUT2D eigenvalue weighted by molar-refractivity contribution is -0.143. The van der Waals surface area contributed by atoms with Crippen LogP contribution in [0.2, 0.25) is 0 Å². The summed E-state index contributed by atoms with van der Waals surface area (Å²) in [7, 11) is 0.470. The molecule has 0 spiro atoms. The van der Waals surface area contributed by atoms with Crippen molar-refractivity contribution in [3.05, 3.63) is 0 Å². The highest BCUT2D eigenvalue weighted by Gasteiger charge is 2.32. The highest BCUT2D eigenvalue weighted by atomic mass is 32.2. The number of esters is 1. The van der Waals surface area contributed by atoms with Gasteiger partial charge in [0.05, 0.1) is 18.6 Å². The fourth-order valence-corrected chi connectivity index (χ4v) is 4.39. The SMILES string of the molecule is COC(=O)C(CCN(C)C1CCS(=O)(=O)C1)NC1CC1. The van der Waals surface area contributed by atoms with Gasteiger partial charge in [-0.3, -0.25) is 4.79 Å². The number of hydrogen-bond acceptors (Lipinski definition) is 6. The average Bonchev–Trinajstić information content (AvgIpc) is 3.15. The van der Waals surface area contributed by atoms with E-state index >= 15 is 0 Å². The summed E-state index contributed by atoms with van der Waals surface area (Å²) in [6.07, 6.45) is 3.57. The number of methoxy groups -OCH3 is 1. The number of carbonyl (C=O) groups excluding carboxylic acids is 1. The smallest absolute Gasteiger partial charge is 0.322 e. The molecule has 1 aliphatic carbocycles. The molecule has 6 nitrogen and oxygen atoms in total. The van der Waals surface area contributed by atoms with Crippen molar-refractivity contribution in [2.45, 2.75) is 43.8 Å². The van der Waals surface area contributed by atoms with Crippen molar-refractivity contribution >= 4 is 15.8 Å². The Balaban J connectivity index is 1.80. The first-order valence-electron chi connectivity index (χ1n) is 7.16. The molecule has 2 rings (SSSR count). The minimum atomic E-state index is -2.86. The Morgan fingerprint density at radius 1 is 1.40 bits per heavy atom. The third-order valence-electron chi connectivity index (χ3n) is 4.10. The van der Waals surface area contributed by atoms with Crippen LogP contribution in [0, 0.1) is 0 Å². The second kappa shape index (κ2) is 6.41. The lowest BCUT2D eigenvalue weighted by Gasteiger charge is -2.25. The van der Waals surface area contributed by atoms with Gasteiger partial charge in [0.25, 0.3) is 0 Å². The highest BCUT2D eigenvalue weighted by Crippen LogP contribution is 2.21. The van der Waals surface area contributed by atoms with Gasteiger partial charge in [-0.15, -0.1) is 0 Å². The Kier molecular flexibility index (Phi) is 5.04. The van der Waals surface area contributed by atoms with E-state index in [1.165, 1.54) is 7.11 Å². The topological polar surface area (TPSA) is 75.7 Å². The summed E-state index contributed by atoms with van der Waals surface area (Å²) in [6.45, 7) is 0.694. The molecule has 7 heteroatoms. The molecule has 2 atom stereocenters. The molecule has 1 heterocycles. The summed E-state index contributed by atoms with van der Waals surface area (Å²) < 4.78 is 27.8. The van der Waals surface area contributed by atoms with E-state index < -0.39 is 9.84 Å². The van der Waals surface area contributed by atoms with Gasteiger partial charge in [-0.05, 0) is 32.7 Å². The Morgan fingerprint density at radius 2 is 2.10 bits per heavy atom. The number of rotatable bonds is 7. The maximum Gasteiger partial charge on any atom is 0.322 e. The first-order valence-corrected chi connectivity index (χ1v) is 8.98. The van der Waals surface area contributed by atoms with Crippen LogP contribution in [-0.4, -0.2) is 69.6 Å². The monoisotopic (exact) mass is 304 g/mol. The summed E-state index contributed by atoms with van der Waals surface area (Å²) in [4.78, 5) is 13.8. The summed E-state index contributed by atoms with van der Waals surface area (Å²) in [5, 5.41) is 3.28. The van der Waals surface area contributed by atoms with Crippen LogP contribution in [0.4, 0.5) is 0 Å². The predicted molar refractivity (Wildman–Crippen MR) is 76.3 cm³/mol. The van der Waals surface area contributed by atoms with Crippen LogP contribution in [0.5, 0.6) is 0 Å². The molecule has 116 valence electrons. The van der Waals surface area contributed by atoms with Gasteiger partial charge in [0, 0.05) is 18.6 Å². The van der Waals surface area contributed by atoms with Crippen LogP contribution in [0.1, 0.15) is 25.7 Å². The molecule has 1 aliphatic heterocycles. The van der Waals surface area contributed by atoms with Gasteiger partial charge in [0.15, 0.2) is 9.84 Å². The molecular formula is C13H24N2O4S. The lowest BCUT2D eigenvalue weighted by Crippen LogP contribution is -2.43. The highest BCUT2D eigenvalue weighted by molar-refractivity contribution is 7.91.